The molecule has 0 aliphatic rings. The average Bonchev–Trinajstić information content (AvgIpc) is 2.58. The number of benzene rings is 2. The highest BCUT2D eigenvalue weighted by atomic mass is 16.2. The normalized spacial score (nSPS) is 9.72. The Labute approximate surface area is 148 Å². The summed E-state index contributed by atoms with van der Waals surface area (Å²) in [5.74, 6) is 5.81. The summed E-state index contributed by atoms with van der Waals surface area (Å²) in [6, 6.07) is 15.0. The van der Waals surface area contributed by atoms with Crippen LogP contribution in [0.25, 0.3) is 0 Å². The molecule has 0 radical (unpaired) electrons. The quantitative estimate of drug-likeness (QED) is 0.873. The van der Waals surface area contributed by atoms with Gasteiger partial charge in [-0.25, -0.2) is 0 Å². The Hall–Kier alpha value is -3.06. The lowest BCUT2D eigenvalue weighted by Gasteiger charge is -2.09. The first kappa shape index (κ1) is 18.3. The first-order chi connectivity index (χ1) is 12.0. The molecule has 0 saturated carbocycles. The molecule has 25 heavy (non-hydrogen) atoms. The molecule has 0 saturated heterocycles. The minimum Gasteiger partial charge on any atom is -0.345 e. The van der Waals surface area contributed by atoms with Gasteiger partial charge in [0.2, 0.25) is 5.91 Å². The van der Waals surface area contributed by atoms with E-state index in [1.807, 2.05) is 31.2 Å². The first-order valence-corrected chi connectivity index (χ1v) is 8.08. The van der Waals surface area contributed by atoms with Crippen molar-refractivity contribution in [1.29, 1.82) is 0 Å². The molecule has 2 amide bonds. The zero-order valence-electron chi connectivity index (χ0n) is 14.8. The molecule has 0 aliphatic heterocycles. The largest absolute Gasteiger partial charge is 0.345 e. The van der Waals surface area contributed by atoms with Crippen molar-refractivity contribution in [3.63, 3.8) is 0 Å². The zero-order chi connectivity index (χ0) is 18.2. The molecule has 2 rings (SSSR count). The number of carbonyl (C=O) groups excluding carboxylic acids is 2. The van der Waals surface area contributed by atoms with Gasteiger partial charge in [-0.2, -0.15) is 0 Å². The van der Waals surface area contributed by atoms with Gasteiger partial charge in [0.15, 0.2) is 0 Å². The summed E-state index contributed by atoms with van der Waals surface area (Å²) in [5, 5.41) is 2.79. The third-order valence-corrected chi connectivity index (χ3v) is 3.59. The molecule has 0 spiro atoms. The van der Waals surface area contributed by atoms with Crippen LogP contribution in [-0.2, 0) is 11.2 Å². The van der Waals surface area contributed by atoms with Gasteiger partial charge in [-0.3, -0.25) is 9.59 Å². The smallest absolute Gasteiger partial charge is 0.253 e. The Kier molecular flexibility index (Phi) is 6.36. The van der Waals surface area contributed by atoms with Gasteiger partial charge in [-0.1, -0.05) is 41.7 Å². The van der Waals surface area contributed by atoms with Crippen molar-refractivity contribution in [2.75, 3.05) is 20.6 Å². The van der Waals surface area contributed by atoms with Gasteiger partial charge in [-0.05, 0) is 36.8 Å². The van der Waals surface area contributed by atoms with Crippen molar-refractivity contribution in [3.05, 3.63) is 70.8 Å². The van der Waals surface area contributed by atoms with Crippen molar-refractivity contribution in [2.24, 2.45) is 0 Å². The molecule has 4 heteroatoms. The Morgan fingerprint density at radius 1 is 1.08 bits per heavy atom. The molecule has 0 aromatic heterocycles. The summed E-state index contributed by atoms with van der Waals surface area (Å²) in [6.45, 7) is 2.30. The lowest BCUT2D eigenvalue weighted by atomic mass is 10.1. The third-order valence-electron chi connectivity index (χ3n) is 3.59. The van der Waals surface area contributed by atoms with Crippen LogP contribution >= 0.6 is 0 Å². The van der Waals surface area contributed by atoms with E-state index in [1.54, 1.807) is 38.4 Å². The summed E-state index contributed by atoms with van der Waals surface area (Å²) >= 11 is 0. The maximum atomic E-state index is 11.9. The minimum absolute atomic E-state index is 0.0390. The topological polar surface area (TPSA) is 49.4 Å². The first-order valence-electron chi connectivity index (χ1n) is 8.08. The monoisotopic (exact) mass is 334 g/mol. The van der Waals surface area contributed by atoms with Gasteiger partial charge in [0.25, 0.3) is 5.91 Å². The van der Waals surface area contributed by atoms with E-state index in [9.17, 15) is 9.59 Å². The highest BCUT2D eigenvalue weighted by Gasteiger charge is 2.06. The van der Waals surface area contributed by atoms with Crippen molar-refractivity contribution in [1.82, 2.24) is 10.2 Å². The van der Waals surface area contributed by atoms with Crippen LogP contribution in [0.4, 0.5) is 0 Å². The van der Waals surface area contributed by atoms with E-state index in [4.69, 9.17) is 0 Å². The third kappa shape index (κ3) is 5.82. The molecule has 1 N–H and O–H groups in total. The van der Waals surface area contributed by atoms with Crippen LogP contribution in [0.1, 0.15) is 27.0 Å². The second-order valence-corrected chi connectivity index (χ2v) is 6.02. The van der Waals surface area contributed by atoms with Gasteiger partial charge in [-0.15, -0.1) is 0 Å². The molecular formula is C21H22N2O2. The number of hydrogen-bond donors (Lipinski definition) is 1. The molecule has 0 aliphatic carbocycles. The SMILES string of the molecule is Cc1cccc(CC(=O)NCC#Cc2ccc(C(=O)N(C)C)cc2)c1. The van der Waals surface area contributed by atoms with Crippen LogP contribution in [0, 0.1) is 18.8 Å². The molecule has 0 bridgehead atoms. The molecule has 2 aromatic rings. The number of aryl methyl sites for hydroxylation is 1. The van der Waals surface area contributed by atoms with E-state index in [0.29, 0.717) is 18.5 Å². The Morgan fingerprint density at radius 3 is 2.44 bits per heavy atom. The van der Waals surface area contributed by atoms with Crippen LogP contribution in [0.3, 0.4) is 0 Å². The maximum absolute atomic E-state index is 11.9. The summed E-state index contributed by atoms with van der Waals surface area (Å²) in [6.07, 6.45) is 0.352. The van der Waals surface area contributed by atoms with Crippen molar-refractivity contribution in [3.8, 4) is 11.8 Å². The summed E-state index contributed by atoms with van der Waals surface area (Å²) < 4.78 is 0. The van der Waals surface area contributed by atoms with E-state index in [2.05, 4.69) is 17.2 Å². The molecule has 2 aromatic carbocycles. The predicted molar refractivity (Wildman–Crippen MR) is 99.2 cm³/mol. The molecule has 0 atom stereocenters. The summed E-state index contributed by atoms with van der Waals surface area (Å²) in [7, 11) is 3.44. The Morgan fingerprint density at radius 2 is 1.80 bits per heavy atom. The predicted octanol–water partition coefficient (Wildman–Crippen LogP) is 2.41. The molecular weight excluding hydrogens is 312 g/mol. The van der Waals surface area contributed by atoms with Crippen LogP contribution in [-0.4, -0.2) is 37.4 Å². The van der Waals surface area contributed by atoms with Crippen LogP contribution < -0.4 is 5.32 Å². The number of nitrogens with one attached hydrogen (secondary N) is 1. The number of rotatable bonds is 4. The molecule has 0 heterocycles. The molecule has 4 nitrogen and oxygen atoms in total. The Balaban J connectivity index is 1.84. The van der Waals surface area contributed by atoms with Crippen molar-refractivity contribution >= 4 is 11.8 Å². The van der Waals surface area contributed by atoms with Crippen LogP contribution in [0.5, 0.6) is 0 Å². The van der Waals surface area contributed by atoms with E-state index in [-0.39, 0.29) is 11.8 Å². The molecule has 128 valence electrons. The number of nitrogens with zero attached hydrogens (tertiary/aromatic N) is 1. The van der Waals surface area contributed by atoms with Gasteiger partial charge < -0.3 is 10.2 Å². The van der Waals surface area contributed by atoms with Crippen molar-refractivity contribution in [2.45, 2.75) is 13.3 Å². The number of hydrogen-bond acceptors (Lipinski definition) is 2. The van der Waals surface area contributed by atoms with Crippen LogP contribution in [0.2, 0.25) is 0 Å². The van der Waals surface area contributed by atoms with E-state index in [1.165, 1.54) is 4.90 Å². The minimum atomic E-state index is -0.0492. The fourth-order valence-corrected chi connectivity index (χ4v) is 2.31. The maximum Gasteiger partial charge on any atom is 0.253 e. The molecule has 0 fully saturated rings. The molecule has 0 unspecified atom stereocenters. The van der Waals surface area contributed by atoms with E-state index in [0.717, 1.165) is 16.7 Å². The Bertz CT molecular complexity index is 812. The van der Waals surface area contributed by atoms with Crippen molar-refractivity contribution < 1.29 is 9.59 Å². The van der Waals surface area contributed by atoms with E-state index >= 15 is 0 Å². The van der Waals surface area contributed by atoms with Gasteiger partial charge in [0.05, 0.1) is 13.0 Å². The van der Waals surface area contributed by atoms with Gasteiger partial charge in [0.1, 0.15) is 0 Å². The average molecular weight is 334 g/mol. The van der Waals surface area contributed by atoms with Gasteiger partial charge >= 0.3 is 0 Å². The second-order valence-electron chi connectivity index (χ2n) is 6.02. The standard InChI is InChI=1S/C21H22N2O2/c1-16-6-4-7-18(14-16)15-20(24)22-13-5-8-17-9-11-19(12-10-17)21(25)23(2)3/h4,6-7,9-12,14H,13,15H2,1-3H3,(H,22,24). The summed E-state index contributed by atoms with van der Waals surface area (Å²) in [5.41, 5.74) is 3.57. The zero-order valence-corrected chi connectivity index (χ0v) is 14.8. The number of carbonyl (C=O) groups is 2. The van der Waals surface area contributed by atoms with Gasteiger partial charge in [0, 0.05) is 25.2 Å². The highest BCUT2D eigenvalue weighted by Crippen LogP contribution is 2.06. The lowest BCUT2D eigenvalue weighted by molar-refractivity contribution is -0.120. The fourth-order valence-electron chi connectivity index (χ4n) is 2.31. The summed E-state index contributed by atoms with van der Waals surface area (Å²) in [4.78, 5) is 25.2. The highest BCUT2D eigenvalue weighted by molar-refractivity contribution is 5.93. The van der Waals surface area contributed by atoms with E-state index < -0.39 is 0 Å². The fraction of sp³-hybridized carbons (Fsp3) is 0.238. The second kappa shape index (κ2) is 8.70. The van der Waals surface area contributed by atoms with Crippen LogP contribution in [0.15, 0.2) is 48.5 Å². The number of amides is 2. The lowest BCUT2D eigenvalue weighted by Crippen LogP contribution is -2.25.